The minimum atomic E-state index is -1.03. The van der Waals surface area contributed by atoms with Gasteiger partial charge in [-0.15, -0.1) is 0 Å². The van der Waals surface area contributed by atoms with E-state index in [0.29, 0.717) is 45.2 Å². The molecule has 1 saturated heterocycles. The number of Topliss-reactive ketones (excluding diaryl/α,β-unsaturated/α-hetero) is 1. The Hall–Kier alpha value is -4.77. The highest BCUT2D eigenvalue weighted by Crippen LogP contribution is 2.47. The van der Waals surface area contributed by atoms with Crippen molar-refractivity contribution in [3.63, 3.8) is 0 Å². The number of hydrogen-bond acceptors (Lipinski definition) is 7. The van der Waals surface area contributed by atoms with E-state index in [1.165, 1.54) is 19.1 Å². The number of hydrogen-bond donors (Lipinski definition) is 1. The summed E-state index contributed by atoms with van der Waals surface area (Å²) < 4.78 is 16.5. The Morgan fingerprint density at radius 3 is 2.19 bits per heavy atom. The Morgan fingerprint density at radius 1 is 0.919 bits per heavy atom. The molecular formula is C29H26N2O6. The maximum Gasteiger partial charge on any atom is 0.300 e. The summed E-state index contributed by atoms with van der Waals surface area (Å²) in [4.78, 5) is 28.3. The van der Waals surface area contributed by atoms with Gasteiger partial charge in [-0.2, -0.15) is 5.26 Å². The predicted molar refractivity (Wildman–Crippen MR) is 138 cm³/mol. The molecule has 1 fully saturated rings. The van der Waals surface area contributed by atoms with Gasteiger partial charge in [0.1, 0.15) is 11.5 Å². The molecule has 1 amide bonds. The smallest absolute Gasteiger partial charge is 0.300 e. The van der Waals surface area contributed by atoms with Crippen LogP contribution >= 0.6 is 0 Å². The van der Waals surface area contributed by atoms with Gasteiger partial charge in [0, 0.05) is 16.8 Å². The first-order chi connectivity index (χ1) is 17.8. The van der Waals surface area contributed by atoms with Crippen molar-refractivity contribution in [2.24, 2.45) is 0 Å². The zero-order valence-corrected chi connectivity index (χ0v) is 21.2. The molecule has 1 heterocycles. The van der Waals surface area contributed by atoms with E-state index in [2.05, 4.69) is 0 Å². The van der Waals surface area contributed by atoms with Crippen molar-refractivity contribution in [3.05, 3.63) is 88.0 Å². The number of carbonyl (C=O) groups excluding carboxylic acids is 2. The third-order valence-electron chi connectivity index (χ3n) is 6.44. The van der Waals surface area contributed by atoms with E-state index in [-0.39, 0.29) is 11.3 Å². The second kappa shape index (κ2) is 10.1. The molecule has 0 bridgehead atoms. The SMILES string of the molecule is COc1cc(C)c(/C(O)=C2\C(=O)C(=O)N(c3ccc(C#N)cc3)C2c2cccc(OC)c2OC)cc1C. The maximum absolute atomic E-state index is 13.5. The van der Waals surface area contributed by atoms with Crippen LogP contribution in [0.4, 0.5) is 5.69 Å². The van der Waals surface area contributed by atoms with Gasteiger partial charge in [0.05, 0.1) is 44.6 Å². The maximum atomic E-state index is 13.5. The minimum absolute atomic E-state index is 0.0893. The average molecular weight is 499 g/mol. The van der Waals surface area contributed by atoms with Crippen LogP contribution in [0.1, 0.15) is 33.9 Å². The molecule has 4 rings (SSSR count). The van der Waals surface area contributed by atoms with E-state index >= 15 is 0 Å². The molecule has 0 saturated carbocycles. The standard InChI is InChI=1S/C29H26N2O6/c1-16-14-23(36-4)17(2)13-21(16)26(32)24-25(20-7-6-8-22(35-3)28(20)37-5)31(29(34)27(24)33)19-11-9-18(15-30)10-12-19/h6-14,25,32H,1-5H3/b26-24+. The number of rotatable bonds is 6. The van der Waals surface area contributed by atoms with E-state index < -0.39 is 17.7 Å². The van der Waals surface area contributed by atoms with Gasteiger partial charge in [-0.3, -0.25) is 14.5 Å². The molecule has 1 atom stereocenters. The number of methoxy groups -OCH3 is 3. The van der Waals surface area contributed by atoms with Crippen molar-refractivity contribution in [2.45, 2.75) is 19.9 Å². The fraction of sp³-hybridized carbons (Fsp3) is 0.207. The van der Waals surface area contributed by atoms with Crippen LogP contribution in [0.3, 0.4) is 0 Å². The first kappa shape index (κ1) is 25.3. The second-order valence-electron chi connectivity index (χ2n) is 8.55. The Labute approximate surface area is 214 Å². The monoisotopic (exact) mass is 498 g/mol. The summed E-state index contributed by atoms with van der Waals surface area (Å²) >= 11 is 0. The van der Waals surface area contributed by atoms with Gasteiger partial charge >= 0.3 is 0 Å². The minimum Gasteiger partial charge on any atom is -0.507 e. The Balaban J connectivity index is 2.03. The van der Waals surface area contributed by atoms with Gasteiger partial charge in [0.2, 0.25) is 0 Å². The number of nitriles is 1. The van der Waals surface area contributed by atoms with Crippen molar-refractivity contribution >= 4 is 23.1 Å². The lowest BCUT2D eigenvalue weighted by atomic mass is 9.92. The second-order valence-corrected chi connectivity index (χ2v) is 8.55. The third kappa shape index (κ3) is 4.25. The van der Waals surface area contributed by atoms with Crippen LogP contribution in [0.2, 0.25) is 0 Å². The quantitative estimate of drug-likeness (QED) is 0.295. The van der Waals surface area contributed by atoms with Gasteiger partial charge in [-0.05, 0) is 67.4 Å². The third-order valence-corrected chi connectivity index (χ3v) is 6.44. The number of aliphatic hydroxyl groups is 1. The van der Waals surface area contributed by atoms with Crippen LogP contribution in [0.15, 0.2) is 60.2 Å². The Morgan fingerprint density at radius 2 is 1.59 bits per heavy atom. The highest BCUT2D eigenvalue weighted by Gasteiger charge is 2.48. The molecule has 0 aromatic heterocycles. The number of aliphatic hydroxyl groups excluding tert-OH is 1. The summed E-state index contributed by atoms with van der Waals surface area (Å²) in [6, 6.07) is 15.9. The largest absolute Gasteiger partial charge is 0.507 e. The molecule has 1 aliphatic heterocycles. The summed E-state index contributed by atoms with van der Waals surface area (Å²) in [7, 11) is 4.51. The molecule has 3 aromatic rings. The molecule has 3 aromatic carbocycles. The van der Waals surface area contributed by atoms with Gasteiger partial charge < -0.3 is 19.3 Å². The van der Waals surface area contributed by atoms with E-state index in [1.807, 2.05) is 13.0 Å². The Bertz CT molecular complexity index is 1470. The zero-order valence-electron chi connectivity index (χ0n) is 21.2. The van der Waals surface area contributed by atoms with E-state index in [4.69, 9.17) is 14.2 Å². The fourth-order valence-corrected chi connectivity index (χ4v) is 4.63. The van der Waals surface area contributed by atoms with Crippen LogP contribution in [0, 0.1) is 25.2 Å². The number of nitrogens with zero attached hydrogens (tertiary/aromatic N) is 2. The van der Waals surface area contributed by atoms with Crippen molar-refractivity contribution in [1.29, 1.82) is 5.26 Å². The van der Waals surface area contributed by atoms with E-state index in [9.17, 15) is 20.0 Å². The number of anilines is 1. The highest BCUT2D eigenvalue weighted by atomic mass is 16.5. The van der Waals surface area contributed by atoms with E-state index in [1.54, 1.807) is 68.6 Å². The first-order valence-corrected chi connectivity index (χ1v) is 11.4. The number of ketones is 1. The van der Waals surface area contributed by atoms with Gasteiger partial charge in [0.15, 0.2) is 11.5 Å². The molecule has 0 spiro atoms. The summed E-state index contributed by atoms with van der Waals surface area (Å²) in [6.45, 7) is 3.61. The average Bonchev–Trinajstić information content (AvgIpc) is 3.18. The molecular weight excluding hydrogens is 472 g/mol. The molecule has 37 heavy (non-hydrogen) atoms. The van der Waals surface area contributed by atoms with Crippen LogP contribution in [-0.4, -0.2) is 38.1 Å². The lowest BCUT2D eigenvalue weighted by Crippen LogP contribution is -2.29. The molecule has 0 aliphatic carbocycles. The topological polar surface area (TPSA) is 109 Å². The highest BCUT2D eigenvalue weighted by molar-refractivity contribution is 6.51. The summed E-state index contributed by atoms with van der Waals surface area (Å²) in [5.41, 5.74) is 2.98. The van der Waals surface area contributed by atoms with E-state index in [0.717, 1.165) is 5.56 Å². The lowest BCUT2D eigenvalue weighted by molar-refractivity contribution is -0.132. The van der Waals surface area contributed by atoms with Gasteiger partial charge in [-0.1, -0.05) is 12.1 Å². The molecule has 8 nitrogen and oxygen atoms in total. The van der Waals surface area contributed by atoms with Crippen molar-refractivity contribution in [3.8, 4) is 23.3 Å². The van der Waals surface area contributed by atoms with Gasteiger partial charge in [-0.25, -0.2) is 0 Å². The summed E-state index contributed by atoms with van der Waals surface area (Å²) in [5, 5.41) is 20.8. The molecule has 188 valence electrons. The Kier molecular flexibility index (Phi) is 6.89. The number of carbonyl (C=O) groups is 2. The van der Waals surface area contributed by atoms with Crippen LogP contribution in [0.5, 0.6) is 17.2 Å². The first-order valence-electron chi connectivity index (χ1n) is 11.4. The molecule has 1 N–H and O–H groups in total. The van der Waals surface area contributed by atoms with Crippen molar-refractivity contribution < 1.29 is 28.9 Å². The zero-order chi connectivity index (χ0) is 26.9. The van der Waals surface area contributed by atoms with Crippen LogP contribution in [-0.2, 0) is 9.59 Å². The lowest BCUT2D eigenvalue weighted by Gasteiger charge is -2.27. The number of benzene rings is 3. The summed E-state index contributed by atoms with van der Waals surface area (Å²) in [6.07, 6.45) is 0. The predicted octanol–water partition coefficient (Wildman–Crippen LogP) is 4.83. The molecule has 8 heteroatoms. The number of aryl methyl sites for hydroxylation is 2. The normalized spacial score (nSPS) is 16.4. The number of ether oxygens (including phenoxy) is 3. The fourth-order valence-electron chi connectivity index (χ4n) is 4.63. The van der Waals surface area contributed by atoms with Crippen molar-refractivity contribution in [1.82, 2.24) is 0 Å². The summed E-state index contributed by atoms with van der Waals surface area (Å²) in [5.74, 6) is -0.606. The van der Waals surface area contributed by atoms with Gasteiger partial charge in [0.25, 0.3) is 11.7 Å². The van der Waals surface area contributed by atoms with Crippen molar-refractivity contribution in [2.75, 3.05) is 26.2 Å². The molecule has 0 radical (unpaired) electrons. The van der Waals surface area contributed by atoms with Crippen LogP contribution in [0.25, 0.3) is 5.76 Å². The number of amides is 1. The van der Waals surface area contributed by atoms with Crippen LogP contribution < -0.4 is 19.1 Å². The number of para-hydroxylation sites is 1. The molecule has 1 aliphatic rings. The molecule has 1 unspecified atom stereocenters.